The number of hydrogen-bond donors (Lipinski definition) is 3. The van der Waals surface area contributed by atoms with Crippen molar-refractivity contribution in [3.05, 3.63) is 83.9 Å². The second-order valence-electron chi connectivity index (χ2n) is 6.13. The number of hydrogen-bond acceptors (Lipinski definition) is 4. The minimum Gasteiger partial charge on any atom is -0.508 e. The molecule has 0 unspecified atom stereocenters. The van der Waals surface area contributed by atoms with Gasteiger partial charge in [0.05, 0.1) is 11.8 Å². The van der Waals surface area contributed by atoms with Crippen molar-refractivity contribution >= 4 is 33.7 Å². The quantitative estimate of drug-likeness (QED) is 0.293. The number of benzene rings is 4. The zero-order valence-corrected chi connectivity index (χ0v) is 14.3. The Morgan fingerprint density at radius 1 is 0.852 bits per heavy atom. The van der Waals surface area contributed by atoms with E-state index in [1.54, 1.807) is 6.21 Å². The molecule has 0 heterocycles. The fraction of sp³-hybridized carbons (Fsp3) is 0. The first-order chi connectivity index (χ1) is 13.1. The van der Waals surface area contributed by atoms with Gasteiger partial charge in [0.1, 0.15) is 11.5 Å². The van der Waals surface area contributed by atoms with Crippen molar-refractivity contribution < 1.29 is 15.0 Å². The summed E-state index contributed by atoms with van der Waals surface area (Å²) >= 11 is 0. The Bertz CT molecular complexity index is 1140. The molecule has 0 saturated heterocycles. The molecule has 0 fully saturated rings. The molecule has 0 spiro atoms. The zero-order chi connectivity index (χ0) is 18.8. The van der Waals surface area contributed by atoms with E-state index in [2.05, 4.69) is 16.6 Å². The van der Waals surface area contributed by atoms with Gasteiger partial charge < -0.3 is 10.2 Å². The normalized spacial score (nSPS) is 11.3. The maximum Gasteiger partial charge on any atom is 0.275 e. The fourth-order valence-electron chi connectivity index (χ4n) is 3.12. The number of rotatable bonds is 3. The Labute approximate surface area is 155 Å². The maximum atomic E-state index is 12.2. The summed E-state index contributed by atoms with van der Waals surface area (Å²) < 4.78 is 0. The standard InChI is InChI=1S/C22H16N2O3/c25-16-9-10-19(21(26)12-16)22(27)24-23-13-20-17-7-3-1-5-14(17)11-15-6-2-4-8-18(15)20/h1-13,25-26H,(H,24,27)/b23-13-. The Hall–Kier alpha value is -3.86. The number of phenolic OH excluding ortho intramolecular Hbond substituents is 2. The molecule has 0 aromatic heterocycles. The van der Waals surface area contributed by atoms with Gasteiger partial charge in [-0.05, 0) is 39.7 Å². The minimum absolute atomic E-state index is 0.0349. The number of hydrazone groups is 1. The molecule has 4 aromatic rings. The second-order valence-corrected chi connectivity index (χ2v) is 6.13. The summed E-state index contributed by atoms with van der Waals surface area (Å²) in [6.07, 6.45) is 1.61. The van der Waals surface area contributed by atoms with Crippen LogP contribution in [0.25, 0.3) is 21.5 Å². The summed E-state index contributed by atoms with van der Waals surface area (Å²) in [5, 5.41) is 27.4. The van der Waals surface area contributed by atoms with Crippen molar-refractivity contribution in [1.29, 1.82) is 0 Å². The number of phenols is 2. The molecule has 5 heteroatoms. The van der Waals surface area contributed by atoms with Crippen LogP contribution in [0.4, 0.5) is 0 Å². The molecular weight excluding hydrogens is 340 g/mol. The van der Waals surface area contributed by atoms with Crippen LogP contribution in [-0.2, 0) is 0 Å². The third-order valence-corrected chi connectivity index (χ3v) is 4.40. The van der Waals surface area contributed by atoms with Gasteiger partial charge in [-0.1, -0.05) is 48.5 Å². The molecule has 0 radical (unpaired) electrons. The van der Waals surface area contributed by atoms with Crippen LogP contribution in [0.5, 0.6) is 11.5 Å². The topological polar surface area (TPSA) is 81.9 Å². The van der Waals surface area contributed by atoms with Crippen LogP contribution in [0.15, 0.2) is 77.9 Å². The van der Waals surface area contributed by atoms with E-state index in [-0.39, 0.29) is 17.1 Å². The second kappa shape index (κ2) is 6.80. The van der Waals surface area contributed by atoms with E-state index >= 15 is 0 Å². The fourth-order valence-corrected chi connectivity index (χ4v) is 3.12. The first-order valence-corrected chi connectivity index (χ1v) is 8.39. The Morgan fingerprint density at radius 2 is 1.48 bits per heavy atom. The highest BCUT2D eigenvalue weighted by molar-refractivity contribution is 6.13. The van der Waals surface area contributed by atoms with E-state index in [0.29, 0.717) is 0 Å². The molecule has 27 heavy (non-hydrogen) atoms. The molecule has 5 nitrogen and oxygen atoms in total. The molecule has 0 saturated carbocycles. The van der Waals surface area contributed by atoms with Crippen molar-refractivity contribution in [2.75, 3.05) is 0 Å². The van der Waals surface area contributed by atoms with Crippen molar-refractivity contribution in [2.45, 2.75) is 0 Å². The molecule has 4 aromatic carbocycles. The summed E-state index contributed by atoms with van der Waals surface area (Å²) in [6.45, 7) is 0. The van der Waals surface area contributed by atoms with E-state index in [1.165, 1.54) is 12.1 Å². The third kappa shape index (κ3) is 3.18. The molecule has 3 N–H and O–H groups in total. The lowest BCUT2D eigenvalue weighted by atomic mass is 9.97. The van der Waals surface area contributed by atoms with Crippen molar-refractivity contribution in [1.82, 2.24) is 5.43 Å². The largest absolute Gasteiger partial charge is 0.508 e. The average Bonchev–Trinajstić information content (AvgIpc) is 2.67. The molecule has 0 aliphatic heterocycles. The Kier molecular flexibility index (Phi) is 4.18. The lowest BCUT2D eigenvalue weighted by Crippen LogP contribution is -2.17. The summed E-state index contributed by atoms with van der Waals surface area (Å²) in [4.78, 5) is 12.2. The third-order valence-electron chi connectivity index (χ3n) is 4.40. The Morgan fingerprint density at radius 3 is 2.11 bits per heavy atom. The number of nitrogens with zero attached hydrogens (tertiary/aromatic N) is 1. The first-order valence-electron chi connectivity index (χ1n) is 8.39. The highest BCUT2D eigenvalue weighted by Crippen LogP contribution is 2.27. The van der Waals surface area contributed by atoms with Crippen molar-refractivity contribution in [2.24, 2.45) is 5.10 Å². The molecule has 0 aliphatic rings. The van der Waals surface area contributed by atoms with Crippen LogP contribution >= 0.6 is 0 Å². The molecule has 4 rings (SSSR count). The van der Waals surface area contributed by atoms with Crippen LogP contribution in [0.1, 0.15) is 15.9 Å². The van der Waals surface area contributed by atoms with E-state index in [4.69, 9.17) is 0 Å². The van der Waals surface area contributed by atoms with Crippen molar-refractivity contribution in [3.63, 3.8) is 0 Å². The van der Waals surface area contributed by atoms with Crippen LogP contribution in [0.2, 0.25) is 0 Å². The average molecular weight is 356 g/mol. The van der Waals surface area contributed by atoms with Crippen LogP contribution in [-0.4, -0.2) is 22.3 Å². The number of carbonyl (C=O) groups excluding carboxylic acids is 1. The predicted octanol–water partition coefficient (Wildman–Crippen LogP) is 4.17. The number of fused-ring (bicyclic) bond motifs is 2. The van der Waals surface area contributed by atoms with Gasteiger partial charge in [0.25, 0.3) is 5.91 Å². The number of carbonyl (C=O) groups is 1. The minimum atomic E-state index is -0.562. The predicted molar refractivity (Wildman–Crippen MR) is 106 cm³/mol. The van der Waals surface area contributed by atoms with Crippen LogP contribution in [0, 0.1) is 0 Å². The lowest BCUT2D eigenvalue weighted by Gasteiger charge is -2.08. The van der Waals surface area contributed by atoms with Gasteiger partial charge in [-0.3, -0.25) is 4.79 Å². The van der Waals surface area contributed by atoms with E-state index in [0.717, 1.165) is 33.2 Å². The van der Waals surface area contributed by atoms with Gasteiger partial charge in [-0.25, -0.2) is 5.43 Å². The zero-order valence-electron chi connectivity index (χ0n) is 14.3. The number of amides is 1. The van der Waals surface area contributed by atoms with E-state index < -0.39 is 5.91 Å². The smallest absolute Gasteiger partial charge is 0.275 e. The first kappa shape index (κ1) is 16.6. The van der Waals surface area contributed by atoms with Gasteiger partial charge in [-0.2, -0.15) is 5.10 Å². The summed E-state index contributed by atoms with van der Waals surface area (Å²) in [6, 6.07) is 21.9. The Balaban J connectivity index is 1.70. The summed E-state index contributed by atoms with van der Waals surface area (Å²) in [7, 11) is 0. The molecule has 1 amide bonds. The molecular formula is C22H16N2O3. The van der Waals surface area contributed by atoms with Crippen LogP contribution in [0.3, 0.4) is 0 Å². The maximum absolute atomic E-state index is 12.2. The lowest BCUT2D eigenvalue weighted by molar-refractivity contribution is 0.0952. The molecule has 0 atom stereocenters. The number of nitrogens with one attached hydrogen (secondary N) is 1. The monoisotopic (exact) mass is 356 g/mol. The van der Waals surface area contributed by atoms with Crippen molar-refractivity contribution in [3.8, 4) is 11.5 Å². The van der Waals surface area contributed by atoms with Gasteiger partial charge in [-0.15, -0.1) is 0 Å². The van der Waals surface area contributed by atoms with E-state index in [9.17, 15) is 15.0 Å². The summed E-state index contributed by atoms with van der Waals surface area (Å²) in [5.74, 6) is -0.985. The van der Waals surface area contributed by atoms with E-state index in [1.807, 2.05) is 48.5 Å². The molecule has 132 valence electrons. The number of aromatic hydroxyl groups is 2. The SMILES string of the molecule is O=C(N/N=C\c1c2ccccc2cc2ccccc12)c1ccc(O)cc1O. The summed E-state index contributed by atoms with van der Waals surface area (Å²) in [5.41, 5.74) is 3.36. The molecule has 0 bridgehead atoms. The van der Waals surface area contributed by atoms with Gasteiger partial charge in [0, 0.05) is 11.6 Å². The molecule has 0 aliphatic carbocycles. The van der Waals surface area contributed by atoms with Gasteiger partial charge in [0.2, 0.25) is 0 Å². The highest BCUT2D eigenvalue weighted by Gasteiger charge is 2.11. The van der Waals surface area contributed by atoms with Gasteiger partial charge >= 0.3 is 0 Å². The highest BCUT2D eigenvalue weighted by atomic mass is 16.3. The van der Waals surface area contributed by atoms with Crippen LogP contribution < -0.4 is 5.43 Å². The van der Waals surface area contributed by atoms with Gasteiger partial charge in [0.15, 0.2) is 0 Å².